The van der Waals surface area contributed by atoms with E-state index in [1.165, 1.54) is 12.5 Å². The van der Waals surface area contributed by atoms with Crippen LogP contribution in [-0.2, 0) is 13.2 Å². The molecule has 0 aliphatic carbocycles. The number of aromatic nitrogens is 2. The number of hydrogen-bond donors (Lipinski definition) is 1. The molecule has 1 unspecified atom stereocenters. The smallest absolute Gasteiger partial charge is 0.330 e. The van der Waals surface area contributed by atoms with Gasteiger partial charge >= 0.3 is 6.18 Å². The van der Waals surface area contributed by atoms with Crippen LogP contribution >= 0.6 is 0 Å². The molecule has 3 rings (SSSR count). The Morgan fingerprint density at radius 1 is 1.24 bits per heavy atom. The summed E-state index contributed by atoms with van der Waals surface area (Å²) in [4.78, 5) is 4.45. The lowest BCUT2D eigenvalue weighted by molar-refractivity contribution is -0.137. The Morgan fingerprint density at radius 2 is 2.05 bits per heavy atom. The molecule has 0 saturated carbocycles. The Labute approximate surface area is 121 Å². The molecule has 1 atom stereocenters. The van der Waals surface area contributed by atoms with E-state index in [2.05, 4.69) is 10.3 Å². The molecule has 2 heterocycles. The third-order valence-corrected chi connectivity index (χ3v) is 4.11. The van der Waals surface area contributed by atoms with Crippen molar-refractivity contribution in [2.45, 2.75) is 37.9 Å². The Balaban J connectivity index is 2.02. The van der Waals surface area contributed by atoms with Gasteiger partial charge in [0, 0.05) is 7.05 Å². The zero-order valence-corrected chi connectivity index (χ0v) is 11.9. The van der Waals surface area contributed by atoms with Crippen LogP contribution in [0.3, 0.4) is 0 Å². The number of alkyl halides is 3. The number of hydrogen-bond acceptors (Lipinski definition) is 2. The van der Waals surface area contributed by atoms with Gasteiger partial charge in [0.2, 0.25) is 0 Å². The van der Waals surface area contributed by atoms with E-state index < -0.39 is 11.7 Å². The largest absolute Gasteiger partial charge is 0.416 e. The highest BCUT2D eigenvalue weighted by atomic mass is 19.4. The summed E-state index contributed by atoms with van der Waals surface area (Å²) in [6, 6.07) is 3.88. The third kappa shape index (κ3) is 2.77. The Morgan fingerprint density at radius 3 is 2.81 bits per heavy atom. The number of benzene rings is 1. The van der Waals surface area contributed by atoms with Crippen LogP contribution in [0.5, 0.6) is 0 Å². The fourth-order valence-corrected chi connectivity index (χ4v) is 2.96. The number of aryl methyl sites for hydroxylation is 1. The van der Waals surface area contributed by atoms with Crippen molar-refractivity contribution < 1.29 is 13.2 Å². The minimum Gasteiger partial charge on any atom is -0.330 e. The number of fused-ring (bicyclic) bond motifs is 1. The summed E-state index contributed by atoms with van der Waals surface area (Å²) in [6.45, 7) is 0.932. The average molecular weight is 297 g/mol. The minimum atomic E-state index is -4.33. The molecule has 0 amide bonds. The predicted octanol–water partition coefficient (Wildman–Crippen LogP) is 3.80. The summed E-state index contributed by atoms with van der Waals surface area (Å²) in [7, 11) is 1.87. The van der Waals surface area contributed by atoms with Gasteiger partial charge in [-0.2, -0.15) is 13.2 Å². The summed E-state index contributed by atoms with van der Waals surface area (Å²) in [6.07, 6.45) is 0.0920. The standard InChI is InChI=1S/C15H18F3N3/c1-21-13-7-6-10(15(16,17)18)9-12(13)20-14(21)11-5-3-2-4-8-19-11/h6-7,9,11,19H,2-5,8H2,1H3. The molecular weight excluding hydrogens is 279 g/mol. The second-order valence-corrected chi connectivity index (χ2v) is 5.59. The lowest BCUT2D eigenvalue weighted by atomic mass is 10.1. The zero-order valence-electron chi connectivity index (χ0n) is 11.9. The Hall–Kier alpha value is -1.56. The fourth-order valence-electron chi connectivity index (χ4n) is 2.96. The lowest BCUT2D eigenvalue weighted by Gasteiger charge is -2.15. The van der Waals surface area contributed by atoms with Crippen LogP contribution in [-0.4, -0.2) is 16.1 Å². The van der Waals surface area contributed by atoms with Crippen LogP contribution in [0.15, 0.2) is 18.2 Å². The van der Waals surface area contributed by atoms with Gasteiger partial charge in [0.15, 0.2) is 0 Å². The molecule has 21 heavy (non-hydrogen) atoms. The lowest BCUT2D eigenvalue weighted by Crippen LogP contribution is -2.23. The summed E-state index contributed by atoms with van der Waals surface area (Å²) < 4.78 is 40.3. The van der Waals surface area contributed by atoms with E-state index in [-0.39, 0.29) is 6.04 Å². The van der Waals surface area contributed by atoms with Crippen molar-refractivity contribution in [1.82, 2.24) is 14.9 Å². The van der Waals surface area contributed by atoms with Gasteiger partial charge in [-0.15, -0.1) is 0 Å². The van der Waals surface area contributed by atoms with Crippen LogP contribution in [0.2, 0.25) is 0 Å². The molecule has 0 radical (unpaired) electrons. The first kappa shape index (κ1) is 14.4. The molecule has 1 aliphatic rings. The Kier molecular flexibility index (Phi) is 3.65. The fraction of sp³-hybridized carbons (Fsp3) is 0.533. The van der Waals surface area contributed by atoms with E-state index in [0.717, 1.165) is 49.3 Å². The molecule has 1 aromatic carbocycles. The van der Waals surface area contributed by atoms with E-state index in [1.54, 1.807) is 0 Å². The van der Waals surface area contributed by atoms with Gasteiger partial charge in [0.25, 0.3) is 0 Å². The quantitative estimate of drug-likeness (QED) is 0.867. The zero-order chi connectivity index (χ0) is 15.0. The number of rotatable bonds is 1. The van der Waals surface area contributed by atoms with Crippen molar-refractivity contribution in [3.05, 3.63) is 29.6 Å². The first-order valence-corrected chi connectivity index (χ1v) is 7.24. The van der Waals surface area contributed by atoms with Crippen LogP contribution in [0, 0.1) is 0 Å². The van der Waals surface area contributed by atoms with Crippen molar-refractivity contribution in [3.63, 3.8) is 0 Å². The summed E-state index contributed by atoms with van der Waals surface area (Å²) in [5, 5.41) is 3.44. The molecule has 1 aromatic heterocycles. The number of halogens is 3. The van der Waals surface area contributed by atoms with Crippen molar-refractivity contribution in [3.8, 4) is 0 Å². The highest BCUT2D eigenvalue weighted by molar-refractivity contribution is 5.77. The van der Waals surface area contributed by atoms with Gasteiger partial charge in [-0.05, 0) is 37.6 Å². The molecule has 1 aliphatic heterocycles. The van der Waals surface area contributed by atoms with Gasteiger partial charge in [-0.3, -0.25) is 0 Å². The van der Waals surface area contributed by atoms with Crippen molar-refractivity contribution >= 4 is 11.0 Å². The van der Waals surface area contributed by atoms with Crippen LogP contribution in [0.25, 0.3) is 11.0 Å². The third-order valence-electron chi connectivity index (χ3n) is 4.11. The number of nitrogens with one attached hydrogen (secondary N) is 1. The summed E-state index contributed by atoms with van der Waals surface area (Å²) in [5.74, 6) is 0.825. The molecular formula is C15H18F3N3. The van der Waals surface area contributed by atoms with Gasteiger partial charge in [0.1, 0.15) is 5.82 Å². The summed E-state index contributed by atoms with van der Waals surface area (Å²) >= 11 is 0. The molecule has 0 spiro atoms. The van der Waals surface area contributed by atoms with Gasteiger partial charge in [-0.1, -0.05) is 12.8 Å². The van der Waals surface area contributed by atoms with E-state index in [4.69, 9.17) is 0 Å². The average Bonchev–Trinajstić information content (AvgIpc) is 2.64. The molecule has 114 valence electrons. The maximum absolute atomic E-state index is 12.8. The van der Waals surface area contributed by atoms with Crippen molar-refractivity contribution in [2.75, 3.05) is 6.54 Å². The van der Waals surface area contributed by atoms with Gasteiger partial charge in [-0.25, -0.2) is 4.98 Å². The number of nitrogens with zero attached hydrogens (tertiary/aromatic N) is 2. The van der Waals surface area contributed by atoms with Crippen molar-refractivity contribution in [1.29, 1.82) is 0 Å². The number of imidazole rings is 1. The minimum absolute atomic E-state index is 0.124. The SMILES string of the molecule is Cn1c(C2CCCCCN2)nc2cc(C(F)(F)F)ccc21. The van der Waals surface area contributed by atoms with Crippen molar-refractivity contribution in [2.24, 2.45) is 7.05 Å². The van der Waals surface area contributed by atoms with Gasteiger partial charge in [0.05, 0.1) is 22.6 Å². The van der Waals surface area contributed by atoms with E-state index in [0.29, 0.717) is 5.52 Å². The monoisotopic (exact) mass is 297 g/mol. The molecule has 2 aromatic rings. The second kappa shape index (κ2) is 5.33. The van der Waals surface area contributed by atoms with E-state index >= 15 is 0 Å². The molecule has 1 N–H and O–H groups in total. The molecule has 1 fully saturated rings. The molecule has 3 nitrogen and oxygen atoms in total. The molecule has 0 bridgehead atoms. The van der Waals surface area contributed by atoms with Crippen LogP contribution in [0.4, 0.5) is 13.2 Å². The van der Waals surface area contributed by atoms with E-state index in [9.17, 15) is 13.2 Å². The first-order valence-electron chi connectivity index (χ1n) is 7.24. The van der Waals surface area contributed by atoms with Gasteiger partial charge < -0.3 is 9.88 Å². The highest BCUT2D eigenvalue weighted by Crippen LogP contribution is 2.32. The van der Waals surface area contributed by atoms with E-state index in [1.807, 2.05) is 11.6 Å². The maximum atomic E-state index is 12.8. The predicted molar refractivity (Wildman–Crippen MR) is 74.9 cm³/mol. The molecule has 1 saturated heterocycles. The molecule has 6 heteroatoms. The topological polar surface area (TPSA) is 29.9 Å². The second-order valence-electron chi connectivity index (χ2n) is 5.59. The maximum Gasteiger partial charge on any atom is 0.416 e. The Bertz CT molecular complexity index is 637. The summed E-state index contributed by atoms with van der Waals surface area (Å²) in [5.41, 5.74) is 0.505. The van der Waals surface area contributed by atoms with Crippen LogP contribution < -0.4 is 5.32 Å². The normalized spacial score (nSPS) is 20.7. The highest BCUT2D eigenvalue weighted by Gasteiger charge is 2.31. The first-order chi connectivity index (χ1) is 9.97. The van der Waals surface area contributed by atoms with Crippen LogP contribution in [0.1, 0.15) is 43.1 Å².